The van der Waals surface area contributed by atoms with Gasteiger partial charge in [0.2, 0.25) is 0 Å². The van der Waals surface area contributed by atoms with E-state index in [1.807, 2.05) is 55.1 Å². The maximum absolute atomic E-state index is 14.6. The molecule has 2 fully saturated rings. The van der Waals surface area contributed by atoms with Crippen LogP contribution in [0.3, 0.4) is 0 Å². The number of H-pyrrole nitrogens is 2. The Hall–Kier alpha value is -6.81. The molecule has 2 aliphatic rings. The predicted octanol–water partition coefficient (Wildman–Crippen LogP) is 9.64. The van der Waals surface area contributed by atoms with E-state index in [2.05, 4.69) is 60.0 Å². The summed E-state index contributed by atoms with van der Waals surface area (Å²) in [6.07, 6.45) is 5.45. The summed E-state index contributed by atoms with van der Waals surface area (Å²) in [4.78, 5) is 34.5. The van der Waals surface area contributed by atoms with Crippen molar-refractivity contribution in [1.29, 1.82) is 10.5 Å². The number of piperidine rings is 2. The van der Waals surface area contributed by atoms with Crippen LogP contribution in [0.1, 0.15) is 125 Å². The summed E-state index contributed by atoms with van der Waals surface area (Å²) in [7, 11) is 0. The normalized spacial score (nSPS) is 13.6. The lowest BCUT2D eigenvalue weighted by Crippen LogP contribution is -2.38. The van der Waals surface area contributed by atoms with Crippen molar-refractivity contribution in [2.45, 2.75) is 85.5 Å². The third-order valence-corrected chi connectivity index (χ3v) is 11.4. The summed E-state index contributed by atoms with van der Waals surface area (Å²) in [6, 6.07) is 25.4. The number of aromatic nitrogens is 6. The molecule has 0 spiro atoms. The van der Waals surface area contributed by atoms with Crippen molar-refractivity contribution >= 4 is 24.3 Å². The molecule has 0 bridgehead atoms. The molecule has 65 heavy (non-hydrogen) atoms. The quantitative estimate of drug-likeness (QED) is 0.114. The second-order valence-electron chi connectivity index (χ2n) is 15.6. The lowest BCUT2D eigenvalue weighted by atomic mass is 9.88. The second kappa shape index (κ2) is 23.8. The molecule has 2 saturated heterocycles. The topological polar surface area (TPSA) is 200 Å². The fraction of sp³-hybridized carbons (Fsp3) is 0.347. The minimum Gasteiger partial charge on any atom is -0.478 e. The van der Waals surface area contributed by atoms with Gasteiger partial charge in [-0.25, -0.2) is 23.5 Å². The molecular weight excluding hydrogens is 850 g/mol. The van der Waals surface area contributed by atoms with Gasteiger partial charge in [0, 0.05) is 31.5 Å². The number of carboxylic acid groups (broad SMARTS) is 1. The first-order valence-electron chi connectivity index (χ1n) is 21.1. The van der Waals surface area contributed by atoms with Crippen LogP contribution in [0.25, 0.3) is 22.8 Å². The molecule has 13 nitrogen and oxygen atoms in total. The van der Waals surface area contributed by atoms with E-state index in [1.165, 1.54) is 42.2 Å². The smallest absolute Gasteiger partial charge is 0.335 e. The Kier molecular flexibility index (Phi) is 18.6. The first kappa shape index (κ1) is 50.8. The van der Waals surface area contributed by atoms with Gasteiger partial charge in [-0.2, -0.15) is 20.7 Å². The number of carbonyl (C=O) groups excluding carboxylic acids is 1. The number of nitrogens with one attached hydrogen (secondary N) is 3. The molecule has 4 aromatic carbocycles. The van der Waals surface area contributed by atoms with Gasteiger partial charge >= 0.3 is 5.97 Å². The number of hydrogen-bond donors (Lipinski definition) is 4. The zero-order chi connectivity index (χ0) is 45.0. The van der Waals surface area contributed by atoms with Crippen molar-refractivity contribution in [2.75, 3.05) is 26.2 Å². The van der Waals surface area contributed by atoms with E-state index in [0.717, 1.165) is 31.5 Å². The molecule has 0 radical (unpaired) electrons. The number of amides is 1. The van der Waals surface area contributed by atoms with Gasteiger partial charge in [0.1, 0.15) is 23.3 Å². The molecule has 4 heterocycles. The predicted molar refractivity (Wildman–Crippen MR) is 248 cm³/mol. The number of rotatable bonds is 8. The number of nitrogens with zero attached hydrogens (tertiary/aromatic N) is 7. The van der Waals surface area contributed by atoms with Crippen LogP contribution in [0.4, 0.5) is 8.78 Å². The number of nitriles is 2. The number of carboxylic acids is 1. The van der Waals surface area contributed by atoms with Crippen LogP contribution in [-0.2, 0) is 12.8 Å². The highest BCUT2D eigenvalue weighted by molar-refractivity contribution is 5.97. The van der Waals surface area contributed by atoms with Crippen LogP contribution in [0.2, 0.25) is 0 Å². The maximum Gasteiger partial charge on any atom is 0.335 e. The summed E-state index contributed by atoms with van der Waals surface area (Å²) in [6.45, 7) is 10.6. The molecule has 2 aliphatic heterocycles. The lowest BCUT2D eigenvalue weighted by Gasteiger charge is -2.32. The summed E-state index contributed by atoms with van der Waals surface area (Å²) in [5.41, 5.74) is 5.81. The lowest BCUT2D eigenvalue weighted by molar-refractivity contribution is 0.0692. The number of aromatic carboxylic acids is 1. The molecule has 4 N–H and O–H groups in total. The van der Waals surface area contributed by atoms with Crippen molar-refractivity contribution in [2.24, 2.45) is 0 Å². The molecule has 0 atom stereocenters. The largest absolute Gasteiger partial charge is 0.478 e. The van der Waals surface area contributed by atoms with Crippen LogP contribution >= 0.6 is 12.4 Å². The Morgan fingerprint density at radius 3 is 1.52 bits per heavy atom. The summed E-state index contributed by atoms with van der Waals surface area (Å²) in [5.74, 6) is 0.633. The number of carbonyl (C=O) groups is 2. The standard InChI is InChI=1S/C24H24FN5O.C12H12FN3O2.C12H14N2.CH4.ClH/c1-3-22-27-23(29-28-22)20-13-19(15(2)12-21(20)25)24(31)30-10-8-18(9-11-30)17-6-4-16(14-26)5-7-17;1-3-10-14-11(16-15-10)8-5-7(12(17)18)6(2)4-9(8)13;13-9-10-1-3-11(4-2-10)12-5-7-14-8-6-12;;/h4-7,12-13,18H,3,8-11H2,1-2H3,(H,27,28,29);4-5H,3H2,1-2H3,(H,17,18)(H,14,15,16);1-4,12,14H,5-8H2;1H4;1H. The molecule has 6 aromatic rings. The van der Waals surface area contributed by atoms with Crippen molar-refractivity contribution in [1.82, 2.24) is 40.6 Å². The Morgan fingerprint density at radius 2 is 1.12 bits per heavy atom. The highest BCUT2D eigenvalue weighted by Crippen LogP contribution is 2.31. The number of benzene rings is 4. The SMILES string of the molecule is C.CCc1nc(-c2cc(C(=O)N3CCC(c4ccc(C#N)cc4)CC3)c(C)cc2F)n[nH]1.CCc1nc(-c2cc(C(=O)O)c(C)cc2F)n[nH]1.Cl.N#Cc1ccc(C2CCNCC2)cc1. The van der Waals surface area contributed by atoms with Gasteiger partial charge in [0.25, 0.3) is 5.91 Å². The number of halogens is 3. The molecule has 16 heteroatoms. The van der Waals surface area contributed by atoms with Gasteiger partial charge in [0.05, 0.1) is 40.0 Å². The molecular formula is C49H55ClF2N10O3. The van der Waals surface area contributed by atoms with Crippen molar-refractivity contribution in [3.8, 4) is 34.9 Å². The molecule has 340 valence electrons. The molecule has 0 saturated carbocycles. The minimum absolute atomic E-state index is 0. The number of likely N-dealkylation sites (tertiary alicyclic amines) is 1. The average molecular weight is 905 g/mol. The summed E-state index contributed by atoms with van der Waals surface area (Å²) < 4.78 is 28.4. The zero-order valence-corrected chi connectivity index (χ0v) is 37.0. The maximum atomic E-state index is 14.6. The highest BCUT2D eigenvalue weighted by Gasteiger charge is 2.27. The monoisotopic (exact) mass is 904 g/mol. The van der Waals surface area contributed by atoms with Gasteiger partial charge in [-0.05, 0) is 135 Å². The Balaban J connectivity index is 0.000000231. The van der Waals surface area contributed by atoms with E-state index >= 15 is 0 Å². The van der Waals surface area contributed by atoms with E-state index in [9.17, 15) is 18.4 Å². The zero-order valence-electron chi connectivity index (χ0n) is 36.2. The van der Waals surface area contributed by atoms with E-state index in [0.29, 0.717) is 71.7 Å². The van der Waals surface area contributed by atoms with Crippen LogP contribution in [0.5, 0.6) is 0 Å². The molecule has 2 aromatic heterocycles. The number of hydrogen-bond acceptors (Lipinski definition) is 9. The molecule has 0 aliphatic carbocycles. The van der Waals surface area contributed by atoms with Crippen molar-refractivity contribution < 1.29 is 23.5 Å². The fourth-order valence-electron chi connectivity index (χ4n) is 7.70. The van der Waals surface area contributed by atoms with E-state index in [1.54, 1.807) is 19.9 Å². The first-order valence-corrected chi connectivity index (χ1v) is 21.1. The minimum atomic E-state index is -1.10. The fourth-order valence-corrected chi connectivity index (χ4v) is 7.70. The molecule has 8 rings (SSSR count). The van der Waals surface area contributed by atoms with Gasteiger partial charge in [0.15, 0.2) is 11.6 Å². The van der Waals surface area contributed by atoms with Crippen LogP contribution in [-0.4, -0.2) is 78.4 Å². The average Bonchev–Trinajstić information content (AvgIpc) is 4.00. The summed E-state index contributed by atoms with van der Waals surface area (Å²) in [5, 5.41) is 43.4. The summed E-state index contributed by atoms with van der Waals surface area (Å²) >= 11 is 0. The van der Waals surface area contributed by atoms with Crippen LogP contribution in [0, 0.1) is 48.1 Å². The van der Waals surface area contributed by atoms with Crippen molar-refractivity contribution in [3.63, 3.8) is 0 Å². The van der Waals surface area contributed by atoms with Gasteiger partial charge in [-0.1, -0.05) is 45.5 Å². The van der Waals surface area contributed by atoms with Crippen LogP contribution in [0.15, 0.2) is 72.8 Å². The highest BCUT2D eigenvalue weighted by atomic mass is 35.5. The Bertz CT molecular complexity index is 2620. The third kappa shape index (κ3) is 12.7. The van der Waals surface area contributed by atoms with Gasteiger partial charge in [-0.15, -0.1) is 12.4 Å². The van der Waals surface area contributed by atoms with Gasteiger partial charge in [-0.3, -0.25) is 15.0 Å². The van der Waals surface area contributed by atoms with E-state index in [4.69, 9.17) is 15.6 Å². The second-order valence-corrected chi connectivity index (χ2v) is 15.6. The van der Waals surface area contributed by atoms with E-state index in [-0.39, 0.29) is 54.1 Å². The molecule has 0 unspecified atom stereocenters. The third-order valence-electron chi connectivity index (χ3n) is 11.4. The number of aromatic amines is 2. The number of aryl methyl sites for hydroxylation is 4. The van der Waals surface area contributed by atoms with Crippen molar-refractivity contribution in [3.05, 3.63) is 141 Å². The van der Waals surface area contributed by atoms with Crippen LogP contribution < -0.4 is 5.32 Å². The Morgan fingerprint density at radius 1 is 0.708 bits per heavy atom. The molecule has 1 amide bonds. The first-order chi connectivity index (χ1) is 30.4. The Labute approximate surface area is 384 Å². The van der Waals surface area contributed by atoms with Gasteiger partial charge < -0.3 is 15.3 Å². The van der Waals surface area contributed by atoms with E-state index < -0.39 is 17.6 Å².